The number of aryl methyl sites for hydroxylation is 1. The van der Waals surface area contributed by atoms with Crippen LogP contribution >= 0.6 is 0 Å². The SMILES string of the molecule is COc1ccc(C2C[C@@H](N)c3cc(C)ccc3O2)cc1. The molecule has 1 aliphatic heterocycles. The number of nitrogens with two attached hydrogens (primary N) is 1. The summed E-state index contributed by atoms with van der Waals surface area (Å²) in [6.07, 6.45) is 0.800. The first-order valence-electron chi connectivity index (χ1n) is 6.84. The van der Waals surface area contributed by atoms with Gasteiger partial charge in [0.15, 0.2) is 0 Å². The largest absolute Gasteiger partial charge is 0.497 e. The van der Waals surface area contributed by atoms with Gasteiger partial charge >= 0.3 is 0 Å². The minimum Gasteiger partial charge on any atom is -0.497 e. The Bertz CT molecular complexity index is 607. The van der Waals surface area contributed by atoms with Crippen molar-refractivity contribution in [1.29, 1.82) is 0 Å². The molecule has 0 spiro atoms. The van der Waals surface area contributed by atoms with Gasteiger partial charge in [-0.05, 0) is 30.7 Å². The molecule has 2 aromatic carbocycles. The minimum absolute atomic E-state index is 0.00566. The van der Waals surface area contributed by atoms with Crippen molar-refractivity contribution in [2.24, 2.45) is 5.73 Å². The van der Waals surface area contributed by atoms with E-state index in [1.807, 2.05) is 30.3 Å². The summed E-state index contributed by atoms with van der Waals surface area (Å²) in [7, 11) is 1.67. The molecular weight excluding hydrogens is 250 g/mol. The lowest BCUT2D eigenvalue weighted by molar-refractivity contribution is 0.161. The Hall–Kier alpha value is -2.00. The van der Waals surface area contributed by atoms with Crippen LogP contribution in [-0.4, -0.2) is 7.11 Å². The fourth-order valence-corrected chi connectivity index (χ4v) is 2.65. The molecule has 2 N–H and O–H groups in total. The lowest BCUT2D eigenvalue weighted by Crippen LogP contribution is -2.24. The normalized spacial score (nSPS) is 20.9. The highest BCUT2D eigenvalue weighted by molar-refractivity contribution is 5.42. The van der Waals surface area contributed by atoms with Crippen molar-refractivity contribution in [3.8, 4) is 11.5 Å². The molecule has 0 fully saturated rings. The Morgan fingerprint density at radius 1 is 1.15 bits per heavy atom. The average molecular weight is 269 g/mol. The Morgan fingerprint density at radius 3 is 2.60 bits per heavy atom. The number of hydrogen-bond donors (Lipinski definition) is 1. The molecule has 0 saturated carbocycles. The van der Waals surface area contributed by atoms with Crippen molar-refractivity contribution in [3.63, 3.8) is 0 Å². The molecule has 0 saturated heterocycles. The maximum Gasteiger partial charge on any atom is 0.126 e. The number of ether oxygens (including phenoxy) is 2. The van der Waals surface area contributed by atoms with E-state index in [1.165, 1.54) is 5.56 Å². The van der Waals surface area contributed by atoms with Crippen LogP contribution in [-0.2, 0) is 0 Å². The Balaban J connectivity index is 1.88. The molecule has 0 radical (unpaired) electrons. The maximum atomic E-state index is 6.29. The Morgan fingerprint density at radius 2 is 1.90 bits per heavy atom. The highest BCUT2D eigenvalue weighted by atomic mass is 16.5. The van der Waals surface area contributed by atoms with E-state index in [0.717, 1.165) is 29.0 Å². The maximum absolute atomic E-state index is 6.29. The van der Waals surface area contributed by atoms with Gasteiger partial charge in [-0.1, -0.05) is 29.8 Å². The van der Waals surface area contributed by atoms with E-state index in [2.05, 4.69) is 19.1 Å². The molecule has 0 amide bonds. The quantitative estimate of drug-likeness (QED) is 0.907. The highest BCUT2D eigenvalue weighted by Crippen LogP contribution is 2.40. The van der Waals surface area contributed by atoms with E-state index < -0.39 is 0 Å². The van der Waals surface area contributed by atoms with Crippen LogP contribution in [0.2, 0.25) is 0 Å². The zero-order chi connectivity index (χ0) is 14.1. The van der Waals surface area contributed by atoms with Crippen LogP contribution in [0.5, 0.6) is 11.5 Å². The standard InChI is InChI=1S/C17H19NO2/c1-11-3-8-16-14(9-11)15(18)10-17(20-16)12-4-6-13(19-2)7-5-12/h3-9,15,17H,10,18H2,1-2H3/t15-,17?/m1/s1. The van der Waals surface area contributed by atoms with E-state index >= 15 is 0 Å². The van der Waals surface area contributed by atoms with E-state index in [1.54, 1.807) is 7.11 Å². The first-order valence-corrected chi connectivity index (χ1v) is 6.84. The van der Waals surface area contributed by atoms with Gasteiger partial charge in [-0.3, -0.25) is 0 Å². The molecule has 3 rings (SSSR count). The lowest BCUT2D eigenvalue weighted by Gasteiger charge is -2.31. The molecule has 1 aliphatic rings. The molecule has 3 nitrogen and oxygen atoms in total. The fraction of sp³-hybridized carbons (Fsp3) is 0.294. The second-order valence-electron chi connectivity index (χ2n) is 5.26. The van der Waals surface area contributed by atoms with Crippen molar-refractivity contribution in [2.75, 3.05) is 7.11 Å². The van der Waals surface area contributed by atoms with Gasteiger partial charge in [0, 0.05) is 18.0 Å². The minimum atomic E-state index is 0.00566. The van der Waals surface area contributed by atoms with Crippen molar-refractivity contribution in [3.05, 3.63) is 59.2 Å². The van der Waals surface area contributed by atoms with Crippen LogP contribution in [0.4, 0.5) is 0 Å². The number of fused-ring (bicyclic) bond motifs is 1. The van der Waals surface area contributed by atoms with E-state index in [0.29, 0.717) is 0 Å². The number of benzene rings is 2. The zero-order valence-electron chi connectivity index (χ0n) is 11.8. The third-order valence-electron chi connectivity index (χ3n) is 3.79. The topological polar surface area (TPSA) is 44.5 Å². The van der Waals surface area contributed by atoms with Gasteiger partial charge in [0.2, 0.25) is 0 Å². The molecule has 0 aromatic heterocycles. The molecule has 2 aromatic rings. The molecule has 0 bridgehead atoms. The summed E-state index contributed by atoms with van der Waals surface area (Å²) >= 11 is 0. The van der Waals surface area contributed by atoms with Crippen LogP contribution in [0.3, 0.4) is 0 Å². The predicted molar refractivity (Wildman–Crippen MR) is 79.1 cm³/mol. The fourth-order valence-electron chi connectivity index (χ4n) is 2.65. The monoisotopic (exact) mass is 269 g/mol. The van der Waals surface area contributed by atoms with Crippen LogP contribution < -0.4 is 15.2 Å². The zero-order valence-corrected chi connectivity index (χ0v) is 11.8. The van der Waals surface area contributed by atoms with Gasteiger partial charge in [-0.15, -0.1) is 0 Å². The highest BCUT2D eigenvalue weighted by Gasteiger charge is 2.27. The molecule has 3 heteroatoms. The summed E-state index contributed by atoms with van der Waals surface area (Å²) in [6, 6.07) is 14.2. The average Bonchev–Trinajstić information content (AvgIpc) is 2.48. The van der Waals surface area contributed by atoms with Crippen molar-refractivity contribution in [1.82, 2.24) is 0 Å². The summed E-state index contributed by atoms with van der Waals surface area (Å²) in [4.78, 5) is 0. The molecule has 1 heterocycles. The van der Waals surface area contributed by atoms with Crippen LogP contribution in [0.25, 0.3) is 0 Å². The number of rotatable bonds is 2. The number of methoxy groups -OCH3 is 1. The lowest BCUT2D eigenvalue weighted by atomic mass is 9.92. The van der Waals surface area contributed by atoms with Crippen molar-refractivity contribution < 1.29 is 9.47 Å². The third-order valence-corrected chi connectivity index (χ3v) is 3.79. The number of hydrogen-bond acceptors (Lipinski definition) is 3. The van der Waals surface area contributed by atoms with Gasteiger partial charge in [-0.25, -0.2) is 0 Å². The molecule has 2 atom stereocenters. The van der Waals surface area contributed by atoms with Gasteiger partial charge in [0.25, 0.3) is 0 Å². The molecular formula is C17H19NO2. The summed E-state index contributed by atoms with van der Waals surface area (Å²) in [5.74, 6) is 1.75. The summed E-state index contributed by atoms with van der Waals surface area (Å²) in [5.41, 5.74) is 9.75. The van der Waals surface area contributed by atoms with E-state index in [4.69, 9.17) is 15.2 Å². The molecule has 20 heavy (non-hydrogen) atoms. The van der Waals surface area contributed by atoms with Crippen molar-refractivity contribution in [2.45, 2.75) is 25.5 Å². The molecule has 1 unspecified atom stereocenters. The van der Waals surface area contributed by atoms with Gasteiger partial charge in [0.05, 0.1) is 7.11 Å². The second kappa shape index (κ2) is 5.17. The van der Waals surface area contributed by atoms with Gasteiger partial charge in [-0.2, -0.15) is 0 Å². The smallest absolute Gasteiger partial charge is 0.126 e. The van der Waals surface area contributed by atoms with Crippen LogP contribution in [0, 0.1) is 6.92 Å². The first-order chi connectivity index (χ1) is 9.67. The van der Waals surface area contributed by atoms with E-state index in [9.17, 15) is 0 Å². The third kappa shape index (κ3) is 2.37. The van der Waals surface area contributed by atoms with Crippen molar-refractivity contribution >= 4 is 0 Å². The van der Waals surface area contributed by atoms with Gasteiger partial charge in [0.1, 0.15) is 17.6 Å². The molecule has 0 aliphatic carbocycles. The Kier molecular flexibility index (Phi) is 3.36. The van der Waals surface area contributed by atoms with Crippen LogP contribution in [0.1, 0.15) is 35.3 Å². The first kappa shape index (κ1) is 13.0. The van der Waals surface area contributed by atoms with Crippen LogP contribution in [0.15, 0.2) is 42.5 Å². The summed E-state index contributed by atoms with van der Waals surface area (Å²) in [5, 5.41) is 0. The second-order valence-corrected chi connectivity index (χ2v) is 5.26. The van der Waals surface area contributed by atoms with Gasteiger partial charge < -0.3 is 15.2 Å². The molecule has 104 valence electrons. The summed E-state index contributed by atoms with van der Waals surface area (Å²) < 4.78 is 11.3. The van der Waals surface area contributed by atoms with E-state index in [-0.39, 0.29) is 12.1 Å². The summed E-state index contributed by atoms with van der Waals surface area (Å²) in [6.45, 7) is 2.07. The predicted octanol–water partition coefficient (Wildman–Crippen LogP) is 3.53. The Labute approximate surface area is 119 Å².